The van der Waals surface area contributed by atoms with E-state index in [2.05, 4.69) is 4.36 Å². The molecule has 0 aliphatic heterocycles. The van der Waals surface area contributed by atoms with Gasteiger partial charge in [-0.1, -0.05) is 13.8 Å². The summed E-state index contributed by atoms with van der Waals surface area (Å²) in [5, 5.41) is 0.117. The van der Waals surface area contributed by atoms with Crippen LogP contribution in [-0.4, -0.2) is 21.9 Å². The van der Waals surface area contributed by atoms with Crippen molar-refractivity contribution in [3.05, 3.63) is 0 Å². The van der Waals surface area contributed by atoms with Gasteiger partial charge in [0.1, 0.15) is 0 Å². The molecule has 1 unspecified atom stereocenters. The number of rotatable bonds is 6. The largest absolute Gasteiger partial charge is 0.370 e. The molecular formula is C8H18N2O2S. The van der Waals surface area contributed by atoms with Crippen molar-refractivity contribution in [2.45, 2.75) is 38.4 Å². The molecule has 1 atom stereocenters. The molecule has 13 heavy (non-hydrogen) atoms. The molecule has 0 saturated carbocycles. The van der Waals surface area contributed by atoms with Gasteiger partial charge in [0.2, 0.25) is 5.91 Å². The highest BCUT2D eigenvalue weighted by molar-refractivity contribution is 7.75. The van der Waals surface area contributed by atoms with Gasteiger partial charge in [-0.05, 0) is 12.8 Å². The number of amides is 1. The number of hydrogen-bond donors (Lipinski definition) is 2. The first kappa shape index (κ1) is 12.4. The van der Waals surface area contributed by atoms with Crippen molar-refractivity contribution in [2.24, 2.45) is 10.1 Å². The molecule has 0 saturated heterocycles. The third-order valence-electron chi connectivity index (χ3n) is 1.51. The Kier molecular flexibility index (Phi) is 6.58. The molecule has 0 aromatic heterocycles. The third kappa shape index (κ3) is 7.77. The highest BCUT2D eigenvalue weighted by Crippen LogP contribution is 1.96. The molecule has 0 aliphatic carbocycles. The predicted octanol–water partition coefficient (Wildman–Crippen LogP) is 0.715. The lowest BCUT2D eigenvalue weighted by atomic mass is 10.2. The van der Waals surface area contributed by atoms with Crippen LogP contribution < -0.4 is 5.73 Å². The first-order chi connectivity index (χ1) is 6.04. The van der Waals surface area contributed by atoms with Gasteiger partial charge in [-0.3, -0.25) is 9.00 Å². The number of hydrogen-bond acceptors (Lipinski definition) is 3. The molecule has 5 heteroatoms. The van der Waals surface area contributed by atoms with Gasteiger partial charge in [0.05, 0.1) is 0 Å². The van der Waals surface area contributed by atoms with E-state index in [9.17, 15) is 9.00 Å². The van der Waals surface area contributed by atoms with Crippen molar-refractivity contribution in [3.63, 3.8) is 0 Å². The van der Waals surface area contributed by atoms with Crippen molar-refractivity contribution in [2.75, 3.05) is 6.54 Å². The van der Waals surface area contributed by atoms with Crippen molar-refractivity contribution >= 4 is 16.5 Å². The number of thiol groups is 1. The maximum Gasteiger partial charge on any atom is 0.217 e. The molecule has 0 aromatic rings. The van der Waals surface area contributed by atoms with Crippen molar-refractivity contribution in [1.82, 2.24) is 0 Å². The standard InChI is InChI=1S/C8H18N2O2S/c1-7(2)13(12)10-6-4-3-5-8(9)11/h7,13H,3-6H2,1-2H3,(H2,9,11). The molecule has 78 valence electrons. The topological polar surface area (TPSA) is 72.5 Å². The summed E-state index contributed by atoms with van der Waals surface area (Å²) in [6.45, 7) is 4.33. The summed E-state index contributed by atoms with van der Waals surface area (Å²) in [6, 6.07) is 0. The fraction of sp³-hybridized carbons (Fsp3) is 0.875. The lowest BCUT2D eigenvalue weighted by Gasteiger charge is -1.96. The highest BCUT2D eigenvalue weighted by atomic mass is 32.2. The normalized spacial score (nSPS) is 13.5. The van der Waals surface area contributed by atoms with E-state index in [0.29, 0.717) is 13.0 Å². The van der Waals surface area contributed by atoms with Gasteiger partial charge in [0.15, 0.2) is 0 Å². The first-order valence-electron chi connectivity index (χ1n) is 4.46. The van der Waals surface area contributed by atoms with E-state index in [0.717, 1.165) is 12.8 Å². The summed E-state index contributed by atoms with van der Waals surface area (Å²) in [7, 11) is -1.41. The zero-order chi connectivity index (χ0) is 10.3. The Hall–Kier alpha value is -0.580. The minimum Gasteiger partial charge on any atom is -0.370 e. The molecule has 0 radical (unpaired) electrons. The van der Waals surface area contributed by atoms with E-state index < -0.39 is 10.6 Å². The number of primary amides is 1. The third-order valence-corrected chi connectivity index (χ3v) is 2.87. The second-order valence-electron chi connectivity index (χ2n) is 3.18. The Balaban J connectivity index is 3.51. The summed E-state index contributed by atoms with van der Waals surface area (Å²) >= 11 is 0. The molecule has 0 aliphatic rings. The van der Waals surface area contributed by atoms with Crippen LogP contribution in [0.5, 0.6) is 0 Å². The molecule has 0 bridgehead atoms. The Labute approximate surface area is 81.1 Å². The number of nitrogens with two attached hydrogens (primary N) is 1. The van der Waals surface area contributed by atoms with E-state index >= 15 is 0 Å². The van der Waals surface area contributed by atoms with Crippen LogP contribution in [0.25, 0.3) is 0 Å². The summed E-state index contributed by atoms with van der Waals surface area (Å²) in [6.07, 6.45) is 1.92. The van der Waals surface area contributed by atoms with Crippen LogP contribution in [0.1, 0.15) is 33.1 Å². The second kappa shape index (κ2) is 6.88. The molecule has 1 amide bonds. The lowest BCUT2D eigenvalue weighted by molar-refractivity contribution is -0.118. The van der Waals surface area contributed by atoms with E-state index in [1.165, 1.54) is 0 Å². The Morgan fingerprint density at radius 2 is 2.08 bits per heavy atom. The van der Waals surface area contributed by atoms with E-state index in [4.69, 9.17) is 5.73 Å². The van der Waals surface area contributed by atoms with Crippen LogP contribution in [-0.2, 0) is 15.4 Å². The molecule has 0 heterocycles. The van der Waals surface area contributed by atoms with E-state index in [1.807, 2.05) is 13.8 Å². The number of carbonyl (C=O) groups excluding carboxylic acids is 1. The maximum atomic E-state index is 11.1. The van der Waals surface area contributed by atoms with Gasteiger partial charge in [-0.25, -0.2) is 4.36 Å². The van der Waals surface area contributed by atoms with Gasteiger partial charge < -0.3 is 5.73 Å². The van der Waals surface area contributed by atoms with Gasteiger partial charge in [0, 0.05) is 28.8 Å². The van der Waals surface area contributed by atoms with E-state index in [-0.39, 0.29) is 11.2 Å². The maximum absolute atomic E-state index is 11.1. The minimum absolute atomic E-state index is 0.117. The zero-order valence-corrected chi connectivity index (χ0v) is 9.09. The average Bonchev–Trinajstić information content (AvgIpc) is 2.02. The molecular weight excluding hydrogens is 188 g/mol. The number of carbonyl (C=O) groups is 1. The minimum atomic E-state index is -1.41. The first-order valence-corrected chi connectivity index (χ1v) is 5.74. The SMILES string of the molecule is CC(C)/[SH](=O)=N/CCCCC(N)=O. The van der Waals surface area contributed by atoms with Gasteiger partial charge in [-0.2, -0.15) is 0 Å². The molecule has 4 nitrogen and oxygen atoms in total. The zero-order valence-electron chi connectivity index (χ0n) is 8.19. The molecule has 2 N–H and O–H groups in total. The summed E-state index contributed by atoms with van der Waals surface area (Å²) < 4.78 is 15.1. The van der Waals surface area contributed by atoms with Crippen molar-refractivity contribution in [1.29, 1.82) is 0 Å². The van der Waals surface area contributed by atoms with Crippen molar-refractivity contribution < 1.29 is 9.00 Å². The molecule has 0 fully saturated rings. The highest BCUT2D eigenvalue weighted by Gasteiger charge is 1.94. The van der Waals surface area contributed by atoms with E-state index in [1.54, 1.807) is 0 Å². The lowest BCUT2D eigenvalue weighted by Crippen LogP contribution is -2.09. The molecule has 0 spiro atoms. The Morgan fingerprint density at radius 1 is 1.46 bits per heavy atom. The second-order valence-corrected chi connectivity index (χ2v) is 5.11. The van der Waals surface area contributed by atoms with Gasteiger partial charge in [0.25, 0.3) is 0 Å². The monoisotopic (exact) mass is 206 g/mol. The predicted molar refractivity (Wildman–Crippen MR) is 55.0 cm³/mol. The number of nitrogens with zero attached hydrogens (tertiary/aromatic N) is 1. The summed E-state index contributed by atoms with van der Waals surface area (Å²) in [5.41, 5.74) is 4.96. The fourth-order valence-electron chi connectivity index (χ4n) is 0.744. The van der Waals surface area contributed by atoms with Crippen LogP contribution in [0.4, 0.5) is 0 Å². The van der Waals surface area contributed by atoms with Crippen LogP contribution in [0.15, 0.2) is 4.36 Å². The van der Waals surface area contributed by atoms with Crippen LogP contribution in [0, 0.1) is 0 Å². The Morgan fingerprint density at radius 3 is 2.54 bits per heavy atom. The smallest absolute Gasteiger partial charge is 0.217 e. The number of unbranched alkanes of at least 4 members (excludes halogenated alkanes) is 1. The quantitative estimate of drug-likeness (QED) is 0.496. The average molecular weight is 206 g/mol. The fourth-order valence-corrected chi connectivity index (χ4v) is 1.41. The van der Waals surface area contributed by atoms with Crippen LogP contribution in [0.2, 0.25) is 0 Å². The molecule has 0 rings (SSSR count). The summed E-state index contributed by atoms with van der Waals surface area (Å²) in [5.74, 6) is -0.284. The van der Waals surface area contributed by atoms with Crippen molar-refractivity contribution in [3.8, 4) is 0 Å². The summed E-state index contributed by atoms with van der Waals surface area (Å²) in [4.78, 5) is 10.3. The molecule has 0 aromatic carbocycles. The van der Waals surface area contributed by atoms with Crippen LogP contribution >= 0.6 is 0 Å². The van der Waals surface area contributed by atoms with Gasteiger partial charge >= 0.3 is 0 Å². The van der Waals surface area contributed by atoms with Crippen LogP contribution in [0.3, 0.4) is 0 Å². The Bertz CT molecular complexity index is 232. The van der Waals surface area contributed by atoms with Gasteiger partial charge in [-0.15, -0.1) is 0 Å².